The minimum atomic E-state index is -2.34. The SMILES string of the molecule is CS(=O)(=Nc1ccccc1)c1ccccc1. The van der Waals surface area contributed by atoms with Crippen LogP contribution in [0.3, 0.4) is 0 Å². The number of hydrogen-bond donors (Lipinski definition) is 0. The van der Waals surface area contributed by atoms with Gasteiger partial charge in [0.1, 0.15) is 0 Å². The maximum atomic E-state index is 12.4. The van der Waals surface area contributed by atoms with Crippen LogP contribution in [0, 0.1) is 0 Å². The summed E-state index contributed by atoms with van der Waals surface area (Å²) < 4.78 is 16.7. The van der Waals surface area contributed by atoms with E-state index in [-0.39, 0.29) is 0 Å². The fourth-order valence-corrected chi connectivity index (χ4v) is 2.71. The monoisotopic (exact) mass is 231 g/mol. The maximum Gasteiger partial charge on any atom is 0.0771 e. The van der Waals surface area contributed by atoms with Gasteiger partial charge in [-0.1, -0.05) is 36.4 Å². The molecule has 2 nitrogen and oxygen atoms in total. The third-order valence-electron chi connectivity index (χ3n) is 2.22. The zero-order chi connectivity index (χ0) is 11.4. The fourth-order valence-electron chi connectivity index (χ4n) is 1.42. The summed E-state index contributed by atoms with van der Waals surface area (Å²) >= 11 is 0. The van der Waals surface area contributed by atoms with Gasteiger partial charge in [-0.25, -0.2) is 4.21 Å². The van der Waals surface area contributed by atoms with Crippen molar-refractivity contribution in [1.29, 1.82) is 0 Å². The van der Waals surface area contributed by atoms with Crippen LogP contribution >= 0.6 is 0 Å². The van der Waals surface area contributed by atoms with E-state index in [1.54, 1.807) is 6.26 Å². The molecule has 0 spiro atoms. The summed E-state index contributed by atoms with van der Waals surface area (Å²) in [6.45, 7) is 0. The topological polar surface area (TPSA) is 29.4 Å². The quantitative estimate of drug-likeness (QED) is 0.778. The van der Waals surface area contributed by atoms with Crippen LogP contribution in [0.15, 0.2) is 69.9 Å². The van der Waals surface area contributed by atoms with E-state index in [4.69, 9.17) is 0 Å². The summed E-state index contributed by atoms with van der Waals surface area (Å²) in [6, 6.07) is 18.7. The van der Waals surface area contributed by atoms with Crippen LogP contribution in [0.1, 0.15) is 0 Å². The molecule has 0 aliphatic rings. The molecule has 2 rings (SSSR count). The number of nitrogens with zero attached hydrogens (tertiary/aromatic N) is 1. The van der Waals surface area contributed by atoms with Gasteiger partial charge in [0.2, 0.25) is 0 Å². The largest absolute Gasteiger partial charge is 0.245 e. The van der Waals surface area contributed by atoms with Gasteiger partial charge in [0.05, 0.1) is 15.4 Å². The fraction of sp³-hybridized carbons (Fsp3) is 0.0769. The highest BCUT2D eigenvalue weighted by molar-refractivity contribution is 7.93. The molecule has 0 bridgehead atoms. The lowest BCUT2D eigenvalue weighted by atomic mass is 10.3. The molecule has 0 amide bonds. The zero-order valence-electron chi connectivity index (χ0n) is 9.04. The zero-order valence-corrected chi connectivity index (χ0v) is 9.85. The minimum Gasteiger partial charge on any atom is -0.245 e. The Morgan fingerprint density at radius 1 is 0.875 bits per heavy atom. The van der Waals surface area contributed by atoms with Crippen molar-refractivity contribution >= 4 is 15.4 Å². The van der Waals surface area contributed by atoms with Crippen LogP contribution in [-0.4, -0.2) is 10.5 Å². The summed E-state index contributed by atoms with van der Waals surface area (Å²) in [7, 11) is -2.34. The predicted octanol–water partition coefficient (Wildman–Crippen LogP) is 3.48. The van der Waals surface area contributed by atoms with Gasteiger partial charge in [0, 0.05) is 11.2 Å². The Kier molecular flexibility index (Phi) is 3.06. The van der Waals surface area contributed by atoms with Crippen molar-refractivity contribution in [3.05, 3.63) is 60.7 Å². The van der Waals surface area contributed by atoms with Crippen LogP contribution in [0.4, 0.5) is 5.69 Å². The third kappa shape index (κ3) is 2.49. The van der Waals surface area contributed by atoms with Gasteiger partial charge in [-0.15, -0.1) is 0 Å². The second-order valence-electron chi connectivity index (χ2n) is 3.54. The van der Waals surface area contributed by atoms with Crippen molar-refractivity contribution in [1.82, 2.24) is 0 Å². The van der Waals surface area contributed by atoms with Crippen molar-refractivity contribution < 1.29 is 4.21 Å². The van der Waals surface area contributed by atoms with Crippen molar-refractivity contribution in [3.63, 3.8) is 0 Å². The van der Waals surface area contributed by atoms with Gasteiger partial charge in [-0.2, -0.15) is 4.36 Å². The standard InChI is InChI=1S/C13H13NOS/c1-16(15,13-10-6-3-7-11-13)14-12-8-4-2-5-9-12/h2-11H,1H3. The highest BCUT2D eigenvalue weighted by Gasteiger charge is 2.04. The smallest absolute Gasteiger partial charge is 0.0771 e. The third-order valence-corrected chi connectivity index (χ3v) is 3.92. The second kappa shape index (κ2) is 4.49. The van der Waals surface area contributed by atoms with Crippen LogP contribution in [0.25, 0.3) is 0 Å². The Labute approximate surface area is 96.1 Å². The summed E-state index contributed by atoms with van der Waals surface area (Å²) in [5.74, 6) is 0. The lowest BCUT2D eigenvalue weighted by molar-refractivity contribution is 0.681. The Balaban J connectivity index is 2.48. The van der Waals surface area contributed by atoms with E-state index in [1.807, 2.05) is 60.7 Å². The van der Waals surface area contributed by atoms with Gasteiger partial charge < -0.3 is 0 Å². The van der Waals surface area contributed by atoms with Crippen LogP contribution in [0.5, 0.6) is 0 Å². The molecule has 0 fully saturated rings. The molecule has 0 aliphatic heterocycles. The Morgan fingerprint density at radius 2 is 1.38 bits per heavy atom. The van der Waals surface area contributed by atoms with Gasteiger partial charge >= 0.3 is 0 Å². The Morgan fingerprint density at radius 3 is 1.94 bits per heavy atom. The maximum absolute atomic E-state index is 12.4. The molecule has 0 N–H and O–H groups in total. The highest BCUT2D eigenvalue weighted by Crippen LogP contribution is 2.18. The van der Waals surface area contributed by atoms with Gasteiger partial charge in [-0.3, -0.25) is 0 Å². The molecule has 82 valence electrons. The highest BCUT2D eigenvalue weighted by atomic mass is 32.2. The number of hydrogen-bond acceptors (Lipinski definition) is 2. The van der Waals surface area contributed by atoms with Crippen LogP contribution in [-0.2, 0) is 9.73 Å². The summed E-state index contributed by atoms with van der Waals surface area (Å²) in [4.78, 5) is 0.763. The number of benzene rings is 2. The summed E-state index contributed by atoms with van der Waals surface area (Å²) in [5.41, 5.74) is 0.749. The van der Waals surface area contributed by atoms with Crippen molar-refractivity contribution in [2.75, 3.05) is 6.26 Å². The molecule has 2 aromatic rings. The molecule has 2 aromatic carbocycles. The van der Waals surface area contributed by atoms with Crippen LogP contribution < -0.4 is 0 Å². The van der Waals surface area contributed by atoms with Crippen molar-refractivity contribution in [3.8, 4) is 0 Å². The molecule has 0 aromatic heterocycles. The van der Waals surface area contributed by atoms with Crippen molar-refractivity contribution in [2.24, 2.45) is 4.36 Å². The van der Waals surface area contributed by atoms with E-state index < -0.39 is 9.73 Å². The Hall–Kier alpha value is -1.61. The molecule has 0 heterocycles. The molecule has 1 unspecified atom stereocenters. The van der Waals surface area contributed by atoms with E-state index >= 15 is 0 Å². The van der Waals surface area contributed by atoms with Gasteiger partial charge in [-0.05, 0) is 24.3 Å². The molecule has 0 aliphatic carbocycles. The first-order valence-electron chi connectivity index (χ1n) is 5.01. The van der Waals surface area contributed by atoms with E-state index in [9.17, 15) is 4.21 Å². The average Bonchev–Trinajstić information content (AvgIpc) is 2.31. The summed E-state index contributed by atoms with van der Waals surface area (Å²) in [6.07, 6.45) is 1.66. The molecule has 1 atom stereocenters. The average molecular weight is 231 g/mol. The summed E-state index contributed by atoms with van der Waals surface area (Å²) in [5, 5.41) is 0. The molecular weight excluding hydrogens is 218 g/mol. The van der Waals surface area contributed by atoms with E-state index in [2.05, 4.69) is 4.36 Å². The number of rotatable bonds is 2. The molecule has 0 saturated carbocycles. The molecule has 3 heteroatoms. The normalized spacial score (nSPS) is 14.1. The van der Waals surface area contributed by atoms with E-state index in [0.717, 1.165) is 10.6 Å². The Bertz CT molecular complexity index is 569. The first kappa shape index (κ1) is 10.9. The predicted molar refractivity (Wildman–Crippen MR) is 67.3 cm³/mol. The first-order valence-corrected chi connectivity index (χ1v) is 6.93. The minimum absolute atomic E-state index is 0.749. The van der Waals surface area contributed by atoms with E-state index in [0.29, 0.717) is 0 Å². The van der Waals surface area contributed by atoms with Crippen molar-refractivity contribution in [2.45, 2.75) is 4.90 Å². The lowest BCUT2D eigenvalue weighted by Crippen LogP contribution is -1.95. The van der Waals surface area contributed by atoms with Crippen LogP contribution in [0.2, 0.25) is 0 Å². The van der Waals surface area contributed by atoms with E-state index in [1.165, 1.54) is 0 Å². The second-order valence-corrected chi connectivity index (χ2v) is 5.80. The van der Waals surface area contributed by atoms with Gasteiger partial charge in [0.15, 0.2) is 0 Å². The van der Waals surface area contributed by atoms with Gasteiger partial charge in [0.25, 0.3) is 0 Å². The first-order chi connectivity index (χ1) is 7.68. The molecule has 16 heavy (non-hydrogen) atoms. The molecule has 0 radical (unpaired) electrons. The molecule has 0 saturated heterocycles. The lowest BCUT2D eigenvalue weighted by Gasteiger charge is -2.03. The molecular formula is C13H13NOS.